The number of fused-ring (bicyclic) bond motifs is 1. The smallest absolute Gasteiger partial charge is 0.111 e. The van der Waals surface area contributed by atoms with E-state index in [0.29, 0.717) is 6.54 Å². The molecule has 0 aliphatic rings. The topological polar surface area (TPSA) is 54.7 Å². The first-order valence-corrected chi connectivity index (χ1v) is 6.55. The summed E-state index contributed by atoms with van der Waals surface area (Å²) in [7, 11) is 0. The second kappa shape index (κ2) is 5.24. The molecule has 1 atom stereocenters. The van der Waals surface area contributed by atoms with E-state index in [-0.39, 0.29) is 5.92 Å². The molecule has 0 aliphatic heterocycles. The molecular formula is C16H17N3. The Kier molecular flexibility index (Phi) is 3.29. The summed E-state index contributed by atoms with van der Waals surface area (Å²) < 4.78 is 0. The molecule has 0 saturated carbocycles. The summed E-state index contributed by atoms with van der Waals surface area (Å²) in [6.45, 7) is 0.592. The summed E-state index contributed by atoms with van der Waals surface area (Å²) in [6.07, 6.45) is 0.914. The third kappa shape index (κ3) is 2.51. The largest absolute Gasteiger partial charge is 0.342 e. The zero-order chi connectivity index (χ0) is 13.1. The fourth-order valence-electron chi connectivity index (χ4n) is 2.36. The summed E-state index contributed by atoms with van der Waals surface area (Å²) in [5.74, 6) is 1.21. The summed E-state index contributed by atoms with van der Waals surface area (Å²) in [5, 5.41) is 0. The van der Waals surface area contributed by atoms with Gasteiger partial charge in [-0.05, 0) is 24.1 Å². The number of hydrogen-bond acceptors (Lipinski definition) is 2. The first-order chi connectivity index (χ1) is 9.36. The molecule has 0 saturated heterocycles. The number of rotatable bonds is 4. The number of nitrogens with one attached hydrogen (secondary N) is 1. The highest BCUT2D eigenvalue weighted by molar-refractivity contribution is 5.74. The number of hydrogen-bond donors (Lipinski definition) is 2. The van der Waals surface area contributed by atoms with E-state index in [4.69, 9.17) is 5.73 Å². The Balaban J connectivity index is 1.89. The van der Waals surface area contributed by atoms with Gasteiger partial charge in [0, 0.05) is 12.5 Å². The number of H-pyrrole nitrogens is 1. The molecule has 3 N–H and O–H groups in total. The van der Waals surface area contributed by atoms with Crippen LogP contribution in [0.4, 0.5) is 0 Å². The van der Waals surface area contributed by atoms with E-state index in [2.05, 4.69) is 34.2 Å². The lowest BCUT2D eigenvalue weighted by atomic mass is 9.99. The van der Waals surface area contributed by atoms with Crippen molar-refractivity contribution >= 4 is 11.0 Å². The summed E-state index contributed by atoms with van der Waals surface area (Å²) >= 11 is 0. The van der Waals surface area contributed by atoms with Crippen LogP contribution in [0.2, 0.25) is 0 Å². The molecule has 0 aliphatic carbocycles. The lowest BCUT2D eigenvalue weighted by Crippen LogP contribution is -2.16. The fraction of sp³-hybridized carbons (Fsp3) is 0.188. The fourth-order valence-corrected chi connectivity index (χ4v) is 2.36. The van der Waals surface area contributed by atoms with Crippen LogP contribution in [0.1, 0.15) is 17.3 Å². The highest BCUT2D eigenvalue weighted by Gasteiger charge is 2.14. The van der Waals surface area contributed by atoms with E-state index in [1.54, 1.807) is 0 Å². The Morgan fingerprint density at radius 3 is 2.47 bits per heavy atom. The van der Waals surface area contributed by atoms with Gasteiger partial charge in [-0.15, -0.1) is 0 Å². The minimum atomic E-state index is 0.231. The van der Waals surface area contributed by atoms with Gasteiger partial charge >= 0.3 is 0 Å². The van der Waals surface area contributed by atoms with Crippen molar-refractivity contribution in [1.82, 2.24) is 9.97 Å². The number of aromatic amines is 1. The van der Waals surface area contributed by atoms with Crippen LogP contribution in [0.5, 0.6) is 0 Å². The van der Waals surface area contributed by atoms with E-state index in [0.717, 1.165) is 23.3 Å². The molecule has 2 aromatic carbocycles. The van der Waals surface area contributed by atoms with Crippen molar-refractivity contribution in [2.45, 2.75) is 12.3 Å². The third-order valence-corrected chi connectivity index (χ3v) is 3.40. The van der Waals surface area contributed by atoms with Gasteiger partial charge in [-0.3, -0.25) is 0 Å². The molecule has 96 valence electrons. The molecule has 3 heteroatoms. The Morgan fingerprint density at radius 2 is 1.74 bits per heavy atom. The van der Waals surface area contributed by atoms with Gasteiger partial charge < -0.3 is 10.7 Å². The van der Waals surface area contributed by atoms with Gasteiger partial charge in [0.15, 0.2) is 0 Å². The maximum Gasteiger partial charge on any atom is 0.111 e. The monoisotopic (exact) mass is 251 g/mol. The molecule has 3 nitrogen and oxygen atoms in total. The number of imidazole rings is 1. The van der Waals surface area contributed by atoms with Crippen LogP contribution < -0.4 is 5.73 Å². The predicted octanol–water partition coefficient (Wildman–Crippen LogP) is 2.85. The Hall–Kier alpha value is -2.13. The molecule has 0 radical (unpaired) electrons. The SMILES string of the molecule is NCC(Cc1ccccc1)c1nc2ccccc2[nH]1. The standard InChI is InChI=1S/C16H17N3/c17-11-13(10-12-6-2-1-3-7-12)16-18-14-8-4-5-9-15(14)19-16/h1-9,13H,10-11,17H2,(H,18,19). The van der Waals surface area contributed by atoms with Gasteiger partial charge in [-0.2, -0.15) is 0 Å². The van der Waals surface area contributed by atoms with Crippen LogP contribution in [0.3, 0.4) is 0 Å². The molecule has 0 fully saturated rings. The number of para-hydroxylation sites is 2. The molecule has 1 aromatic heterocycles. The molecule has 19 heavy (non-hydrogen) atoms. The number of nitrogens with zero attached hydrogens (tertiary/aromatic N) is 1. The second-order valence-corrected chi connectivity index (χ2v) is 4.76. The van der Waals surface area contributed by atoms with Crippen LogP contribution in [0.25, 0.3) is 11.0 Å². The highest BCUT2D eigenvalue weighted by atomic mass is 14.9. The minimum Gasteiger partial charge on any atom is -0.342 e. The molecule has 3 rings (SSSR count). The van der Waals surface area contributed by atoms with E-state index in [1.165, 1.54) is 5.56 Å². The number of nitrogens with two attached hydrogens (primary N) is 1. The Bertz CT molecular complexity index is 625. The van der Waals surface area contributed by atoms with E-state index in [1.807, 2.05) is 30.3 Å². The van der Waals surface area contributed by atoms with Crippen molar-refractivity contribution in [1.29, 1.82) is 0 Å². The second-order valence-electron chi connectivity index (χ2n) is 4.76. The van der Waals surface area contributed by atoms with Gasteiger partial charge in [0.05, 0.1) is 11.0 Å². The third-order valence-electron chi connectivity index (χ3n) is 3.40. The lowest BCUT2D eigenvalue weighted by molar-refractivity contribution is 0.658. The zero-order valence-electron chi connectivity index (χ0n) is 10.7. The van der Waals surface area contributed by atoms with Gasteiger partial charge in [-0.25, -0.2) is 4.98 Å². The predicted molar refractivity (Wildman–Crippen MR) is 78.0 cm³/mol. The first kappa shape index (κ1) is 11.9. The van der Waals surface area contributed by atoms with Gasteiger partial charge in [0.1, 0.15) is 5.82 Å². The maximum absolute atomic E-state index is 5.91. The van der Waals surface area contributed by atoms with Gasteiger partial charge in [0.25, 0.3) is 0 Å². The average Bonchev–Trinajstić information content (AvgIpc) is 2.89. The van der Waals surface area contributed by atoms with E-state index >= 15 is 0 Å². The van der Waals surface area contributed by atoms with Gasteiger partial charge in [0.2, 0.25) is 0 Å². The maximum atomic E-state index is 5.91. The normalized spacial score (nSPS) is 12.7. The minimum absolute atomic E-state index is 0.231. The summed E-state index contributed by atoms with van der Waals surface area (Å²) in [4.78, 5) is 8.02. The molecule has 3 aromatic rings. The van der Waals surface area contributed by atoms with E-state index in [9.17, 15) is 0 Å². The van der Waals surface area contributed by atoms with Crippen molar-refractivity contribution < 1.29 is 0 Å². The lowest BCUT2D eigenvalue weighted by Gasteiger charge is -2.11. The van der Waals surface area contributed by atoms with Crippen molar-refractivity contribution in [2.75, 3.05) is 6.54 Å². The van der Waals surface area contributed by atoms with Crippen molar-refractivity contribution in [2.24, 2.45) is 5.73 Å². The first-order valence-electron chi connectivity index (χ1n) is 6.55. The number of benzene rings is 2. The molecule has 0 spiro atoms. The Morgan fingerprint density at radius 1 is 1.00 bits per heavy atom. The van der Waals surface area contributed by atoms with Crippen LogP contribution in [-0.4, -0.2) is 16.5 Å². The summed E-state index contributed by atoms with van der Waals surface area (Å²) in [6, 6.07) is 18.5. The summed E-state index contributed by atoms with van der Waals surface area (Å²) in [5.41, 5.74) is 9.28. The van der Waals surface area contributed by atoms with Crippen molar-refractivity contribution in [3.8, 4) is 0 Å². The quantitative estimate of drug-likeness (QED) is 0.749. The molecule has 1 heterocycles. The van der Waals surface area contributed by atoms with Gasteiger partial charge in [-0.1, -0.05) is 42.5 Å². The van der Waals surface area contributed by atoms with Crippen LogP contribution in [0, 0.1) is 0 Å². The van der Waals surface area contributed by atoms with E-state index < -0.39 is 0 Å². The highest BCUT2D eigenvalue weighted by Crippen LogP contribution is 2.20. The molecule has 0 bridgehead atoms. The number of aromatic nitrogens is 2. The van der Waals surface area contributed by atoms with Crippen molar-refractivity contribution in [3.05, 3.63) is 66.0 Å². The molecule has 1 unspecified atom stereocenters. The van der Waals surface area contributed by atoms with Crippen LogP contribution >= 0.6 is 0 Å². The molecule has 0 amide bonds. The molecular weight excluding hydrogens is 234 g/mol. The van der Waals surface area contributed by atoms with Crippen LogP contribution in [0.15, 0.2) is 54.6 Å². The van der Waals surface area contributed by atoms with Crippen LogP contribution in [-0.2, 0) is 6.42 Å². The Labute approximate surface area is 112 Å². The zero-order valence-corrected chi connectivity index (χ0v) is 10.7. The average molecular weight is 251 g/mol. The van der Waals surface area contributed by atoms with Crippen molar-refractivity contribution in [3.63, 3.8) is 0 Å².